The number of carbonyl (C=O) groups is 4. The highest BCUT2D eigenvalue weighted by atomic mass is 16.5. The number of para-hydroxylation sites is 1. The molecule has 0 radical (unpaired) electrons. The van der Waals surface area contributed by atoms with Gasteiger partial charge in [0.05, 0.1) is 18.9 Å². The summed E-state index contributed by atoms with van der Waals surface area (Å²) in [4.78, 5) is 55.7. The second-order valence-corrected chi connectivity index (χ2v) is 13.4. The van der Waals surface area contributed by atoms with Crippen LogP contribution in [0.5, 0.6) is 0 Å². The first-order valence-electron chi connectivity index (χ1n) is 15.8. The van der Waals surface area contributed by atoms with Crippen LogP contribution in [0.4, 0.5) is 10.5 Å². The number of carbonyl (C=O) groups excluding carboxylic acids is 4. The topological polar surface area (TPSA) is 101 Å². The Morgan fingerprint density at radius 2 is 1.57 bits per heavy atom. The number of nitrogens with zero attached hydrogens (tertiary/aromatic N) is 3. The third-order valence-corrected chi connectivity index (χ3v) is 10.7. The van der Waals surface area contributed by atoms with Crippen LogP contribution >= 0.6 is 0 Å². The molecule has 9 heteroatoms. The normalized spacial score (nSPS) is 29.1. The predicted molar refractivity (Wildman–Crippen MR) is 165 cm³/mol. The van der Waals surface area contributed by atoms with Gasteiger partial charge in [0, 0.05) is 35.8 Å². The molecule has 6 aliphatic rings. The van der Waals surface area contributed by atoms with Gasteiger partial charge in [-0.15, -0.1) is 0 Å². The van der Waals surface area contributed by atoms with Crippen LogP contribution in [0.2, 0.25) is 0 Å². The molecule has 2 aliphatic heterocycles. The van der Waals surface area contributed by atoms with Gasteiger partial charge in [-0.25, -0.2) is 9.69 Å². The molecule has 5 amide bonds. The fraction of sp³-hybridized carbons (Fsp3) is 0.429. The number of hydrogen-bond donors (Lipinski definition) is 1. The van der Waals surface area contributed by atoms with Gasteiger partial charge < -0.3 is 14.2 Å². The van der Waals surface area contributed by atoms with Gasteiger partial charge in [-0.2, -0.15) is 0 Å². The quantitative estimate of drug-likeness (QED) is 0.344. The number of anilines is 1. The number of aromatic nitrogens is 1. The molecule has 0 spiro atoms. The number of amides is 5. The molecule has 3 aromatic rings. The van der Waals surface area contributed by atoms with Crippen molar-refractivity contribution in [3.05, 3.63) is 71.4 Å². The van der Waals surface area contributed by atoms with E-state index in [1.165, 1.54) is 50.2 Å². The first kappa shape index (κ1) is 27.3. The number of imide groups is 2. The molecular weight excluding hydrogens is 556 g/mol. The van der Waals surface area contributed by atoms with Gasteiger partial charge in [0.1, 0.15) is 12.1 Å². The van der Waals surface area contributed by atoms with Gasteiger partial charge in [0.2, 0.25) is 5.91 Å². The number of fused-ring (bicyclic) bond motifs is 1. The van der Waals surface area contributed by atoms with E-state index in [1.54, 1.807) is 11.1 Å². The van der Waals surface area contributed by atoms with Crippen LogP contribution in [0, 0.1) is 17.8 Å². The smallest absolute Gasteiger partial charge is 0.335 e. The first-order chi connectivity index (χ1) is 21.4. The maximum Gasteiger partial charge on any atom is 0.335 e. The Kier molecular flexibility index (Phi) is 6.48. The first-order valence-corrected chi connectivity index (χ1v) is 15.8. The molecule has 4 bridgehead atoms. The maximum atomic E-state index is 13.8. The summed E-state index contributed by atoms with van der Waals surface area (Å²) in [5.74, 6) is 1.03. The summed E-state index contributed by atoms with van der Waals surface area (Å²) in [5, 5.41) is 3.17. The summed E-state index contributed by atoms with van der Waals surface area (Å²) in [6.45, 7) is 2.28. The van der Waals surface area contributed by atoms with Crippen LogP contribution < -0.4 is 10.2 Å². The fourth-order valence-electron chi connectivity index (χ4n) is 9.06. The van der Waals surface area contributed by atoms with Crippen LogP contribution in [0.1, 0.15) is 49.7 Å². The van der Waals surface area contributed by atoms with Gasteiger partial charge in [0.25, 0.3) is 11.8 Å². The second kappa shape index (κ2) is 10.4. The van der Waals surface area contributed by atoms with E-state index in [0.29, 0.717) is 37.6 Å². The minimum absolute atomic E-state index is 0.0199. The molecule has 6 fully saturated rings. The van der Waals surface area contributed by atoms with Crippen molar-refractivity contribution in [1.82, 2.24) is 14.8 Å². The van der Waals surface area contributed by atoms with Crippen molar-refractivity contribution >= 4 is 46.4 Å². The zero-order chi connectivity index (χ0) is 30.0. The van der Waals surface area contributed by atoms with Crippen molar-refractivity contribution in [2.45, 2.75) is 50.5 Å². The fourth-order valence-corrected chi connectivity index (χ4v) is 9.06. The van der Waals surface area contributed by atoms with E-state index in [1.807, 2.05) is 41.0 Å². The van der Waals surface area contributed by atoms with Crippen molar-refractivity contribution in [2.75, 3.05) is 31.2 Å². The second-order valence-electron chi connectivity index (χ2n) is 13.4. The van der Waals surface area contributed by atoms with Gasteiger partial charge in [0.15, 0.2) is 0 Å². The maximum absolute atomic E-state index is 13.8. The highest BCUT2D eigenvalue weighted by Crippen LogP contribution is 2.60. The van der Waals surface area contributed by atoms with Crippen molar-refractivity contribution in [3.8, 4) is 0 Å². The van der Waals surface area contributed by atoms with E-state index in [4.69, 9.17) is 4.74 Å². The Labute approximate surface area is 255 Å². The van der Waals surface area contributed by atoms with Crippen LogP contribution in [0.3, 0.4) is 0 Å². The summed E-state index contributed by atoms with van der Waals surface area (Å²) in [6.07, 6.45) is 11.1. The Morgan fingerprint density at radius 3 is 2.25 bits per heavy atom. The van der Waals surface area contributed by atoms with Crippen molar-refractivity contribution < 1.29 is 23.9 Å². The number of benzene rings is 2. The summed E-state index contributed by atoms with van der Waals surface area (Å²) >= 11 is 0. The van der Waals surface area contributed by atoms with E-state index in [0.717, 1.165) is 33.6 Å². The number of nitrogens with one attached hydrogen (secondary N) is 1. The lowest BCUT2D eigenvalue weighted by molar-refractivity contribution is -0.135. The lowest BCUT2D eigenvalue weighted by atomic mass is 9.48. The molecule has 4 aliphatic carbocycles. The molecule has 9 nitrogen and oxygen atoms in total. The Morgan fingerprint density at radius 1 is 0.909 bits per heavy atom. The highest BCUT2D eigenvalue weighted by Gasteiger charge is 2.51. The third kappa shape index (κ3) is 4.56. The average Bonchev–Trinajstić information content (AvgIpc) is 3.36. The predicted octanol–water partition coefficient (Wildman–Crippen LogP) is 4.63. The van der Waals surface area contributed by atoms with E-state index < -0.39 is 17.8 Å². The largest absolute Gasteiger partial charge is 0.378 e. The summed E-state index contributed by atoms with van der Waals surface area (Å²) in [7, 11) is 0. The van der Waals surface area contributed by atoms with Crippen LogP contribution in [0.15, 0.2) is 60.3 Å². The van der Waals surface area contributed by atoms with Crippen LogP contribution in [-0.2, 0) is 31.1 Å². The van der Waals surface area contributed by atoms with Crippen molar-refractivity contribution in [1.29, 1.82) is 0 Å². The van der Waals surface area contributed by atoms with Crippen molar-refractivity contribution in [3.63, 3.8) is 0 Å². The number of morpholine rings is 1. The summed E-state index contributed by atoms with van der Waals surface area (Å²) in [5.41, 5.74) is 3.27. The van der Waals surface area contributed by atoms with Gasteiger partial charge >= 0.3 is 6.03 Å². The molecule has 226 valence electrons. The number of hydrogen-bond acceptors (Lipinski definition) is 5. The Balaban J connectivity index is 1.08. The number of rotatable bonds is 5. The molecule has 44 heavy (non-hydrogen) atoms. The third-order valence-electron chi connectivity index (χ3n) is 10.7. The van der Waals surface area contributed by atoms with E-state index in [-0.39, 0.29) is 23.4 Å². The van der Waals surface area contributed by atoms with Crippen LogP contribution in [-0.4, -0.2) is 59.5 Å². The zero-order valence-corrected chi connectivity index (χ0v) is 24.7. The molecule has 1 N–H and O–H groups in total. The van der Waals surface area contributed by atoms with E-state index >= 15 is 0 Å². The van der Waals surface area contributed by atoms with Gasteiger partial charge in [-0.05, 0) is 91.5 Å². The summed E-state index contributed by atoms with van der Waals surface area (Å²) in [6, 6.07) is 14.7. The molecule has 9 rings (SSSR count). The lowest BCUT2D eigenvalue weighted by Gasteiger charge is -2.57. The van der Waals surface area contributed by atoms with Gasteiger partial charge in [-0.1, -0.05) is 30.3 Å². The molecule has 2 saturated heterocycles. The van der Waals surface area contributed by atoms with E-state index in [9.17, 15) is 19.2 Å². The average molecular weight is 593 g/mol. The SMILES string of the molecule is O=C1NC(=O)N(c2ccc(C34CC5CC(CC(C5)C3)C4)cc2)C(=O)C1=Cc1cn(CC(=O)N2CCOCC2)c2ccccc12. The molecule has 1 aromatic heterocycles. The Hall–Kier alpha value is -4.24. The molecule has 4 saturated carbocycles. The standard InChI is InChI=1S/C35H36N4O5/c40-31(37-9-11-44-12-10-37)21-38-20-25(28-3-1-2-4-30(28)38)16-29-32(41)36-34(43)39(33(29)42)27-7-5-26(6-8-27)35-17-22-13-23(18-35)15-24(14-22)19-35/h1-8,16,20,22-24H,9-15,17-19,21H2,(H,36,41,43). The molecule has 3 heterocycles. The highest BCUT2D eigenvalue weighted by molar-refractivity contribution is 6.39. The number of ether oxygens (including phenoxy) is 1. The van der Waals surface area contributed by atoms with E-state index in [2.05, 4.69) is 17.4 Å². The monoisotopic (exact) mass is 592 g/mol. The lowest BCUT2D eigenvalue weighted by Crippen LogP contribution is -2.54. The Bertz CT molecular complexity index is 1680. The number of urea groups is 1. The molecule has 2 aromatic carbocycles. The van der Waals surface area contributed by atoms with Crippen molar-refractivity contribution in [2.24, 2.45) is 17.8 Å². The number of barbiturate groups is 1. The minimum Gasteiger partial charge on any atom is -0.378 e. The summed E-state index contributed by atoms with van der Waals surface area (Å²) < 4.78 is 7.22. The van der Waals surface area contributed by atoms with Crippen LogP contribution in [0.25, 0.3) is 17.0 Å². The van der Waals surface area contributed by atoms with Gasteiger partial charge in [-0.3, -0.25) is 19.7 Å². The molecular formula is C35H36N4O5. The minimum atomic E-state index is -0.752. The molecule has 0 unspecified atom stereocenters. The zero-order valence-electron chi connectivity index (χ0n) is 24.7. The molecule has 0 atom stereocenters.